The van der Waals surface area contributed by atoms with Gasteiger partial charge in [-0.05, 0) is 38.1 Å². The largest absolute Gasteiger partial charge is 0.355 e. The number of hydrogen-bond acceptors (Lipinski definition) is 2. The molecule has 0 saturated heterocycles. The van der Waals surface area contributed by atoms with Crippen LogP contribution in [0.25, 0.3) is 6.08 Å². The van der Waals surface area contributed by atoms with Crippen LogP contribution >= 0.6 is 15.9 Å². The summed E-state index contributed by atoms with van der Waals surface area (Å²) in [5.41, 5.74) is 0.292. The lowest BCUT2D eigenvalue weighted by Gasteiger charge is -2.11. The van der Waals surface area contributed by atoms with Crippen molar-refractivity contribution < 1.29 is 14.0 Å². The first kappa shape index (κ1) is 16.4. The van der Waals surface area contributed by atoms with E-state index in [1.54, 1.807) is 26.0 Å². The van der Waals surface area contributed by atoms with Crippen molar-refractivity contribution in [2.45, 2.75) is 19.9 Å². The Labute approximate surface area is 125 Å². The van der Waals surface area contributed by atoms with Crippen LogP contribution in [-0.2, 0) is 9.59 Å². The Kier molecular flexibility index (Phi) is 6.38. The molecular formula is C14H16BrFN2O2. The van der Waals surface area contributed by atoms with Crippen LogP contribution in [0.3, 0.4) is 0 Å². The third kappa shape index (κ3) is 5.13. The summed E-state index contributed by atoms with van der Waals surface area (Å²) >= 11 is 3.23. The molecule has 0 radical (unpaired) electrons. The Morgan fingerprint density at radius 1 is 1.45 bits per heavy atom. The minimum absolute atomic E-state index is 0.261. The maximum Gasteiger partial charge on any atom is 0.244 e. The number of carbonyl (C=O) groups is 2. The van der Waals surface area contributed by atoms with Crippen molar-refractivity contribution >= 4 is 33.8 Å². The summed E-state index contributed by atoms with van der Waals surface area (Å²) in [6.07, 6.45) is 2.56. The van der Waals surface area contributed by atoms with Crippen molar-refractivity contribution in [3.63, 3.8) is 0 Å². The molecule has 0 aliphatic rings. The Bertz CT molecular complexity index is 532. The SMILES string of the molecule is CCNC(=O)[C@H](C)NC(=O)/C=C/c1cc(Br)ccc1F. The maximum absolute atomic E-state index is 13.4. The van der Waals surface area contributed by atoms with Gasteiger partial charge in [-0.25, -0.2) is 4.39 Å². The highest BCUT2D eigenvalue weighted by molar-refractivity contribution is 9.10. The number of amides is 2. The topological polar surface area (TPSA) is 58.2 Å². The van der Waals surface area contributed by atoms with Crippen molar-refractivity contribution in [1.29, 1.82) is 0 Å². The van der Waals surface area contributed by atoms with Crippen molar-refractivity contribution in [2.24, 2.45) is 0 Å². The minimum Gasteiger partial charge on any atom is -0.355 e. The summed E-state index contributed by atoms with van der Waals surface area (Å²) < 4.78 is 14.2. The van der Waals surface area contributed by atoms with E-state index in [0.29, 0.717) is 12.1 Å². The molecule has 20 heavy (non-hydrogen) atoms. The predicted molar refractivity (Wildman–Crippen MR) is 79.4 cm³/mol. The number of hydrogen-bond donors (Lipinski definition) is 2. The first-order chi connectivity index (χ1) is 9.43. The number of benzene rings is 1. The Hall–Kier alpha value is -1.69. The zero-order chi connectivity index (χ0) is 15.1. The van der Waals surface area contributed by atoms with Gasteiger partial charge in [0.1, 0.15) is 11.9 Å². The van der Waals surface area contributed by atoms with Crippen LogP contribution in [0.5, 0.6) is 0 Å². The first-order valence-corrected chi connectivity index (χ1v) is 6.94. The molecule has 1 aromatic carbocycles. The lowest BCUT2D eigenvalue weighted by molar-refractivity contribution is -0.126. The molecule has 0 saturated carbocycles. The molecule has 108 valence electrons. The number of likely N-dealkylation sites (N-methyl/N-ethyl adjacent to an activating group) is 1. The monoisotopic (exact) mass is 342 g/mol. The van der Waals surface area contributed by atoms with E-state index in [-0.39, 0.29) is 5.91 Å². The molecule has 0 aliphatic heterocycles. The van der Waals surface area contributed by atoms with E-state index in [1.165, 1.54) is 18.2 Å². The molecule has 0 aromatic heterocycles. The zero-order valence-electron chi connectivity index (χ0n) is 11.2. The highest BCUT2D eigenvalue weighted by Gasteiger charge is 2.12. The summed E-state index contributed by atoms with van der Waals surface area (Å²) in [5, 5.41) is 5.09. The van der Waals surface area contributed by atoms with Crippen molar-refractivity contribution in [3.05, 3.63) is 40.1 Å². The normalized spacial score (nSPS) is 12.2. The first-order valence-electron chi connectivity index (χ1n) is 6.15. The second kappa shape index (κ2) is 7.79. The predicted octanol–water partition coefficient (Wildman–Crippen LogP) is 2.24. The van der Waals surface area contributed by atoms with Gasteiger partial charge in [-0.3, -0.25) is 9.59 Å². The van der Waals surface area contributed by atoms with Gasteiger partial charge in [0.05, 0.1) is 0 Å². The van der Waals surface area contributed by atoms with E-state index in [0.717, 1.165) is 4.47 Å². The van der Waals surface area contributed by atoms with Crippen LogP contribution in [0.4, 0.5) is 4.39 Å². The molecule has 1 atom stereocenters. The second-order valence-electron chi connectivity index (χ2n) is 4.12. The van der Waals surface area contributed by atoms with Crippen LogP contribution in [0.2, 0.25) is 0 Å². The molecule has 0 unspecified atom stereocenters. The molecule has 1 rings (SSSR count). The fraction of sp³-hybridized carbons (Fsp3) is 0.286. The van der Waals surface area contributed by atoms with Gasteiger partial charge in [0, 0.05) is 22.7 Å². The van der Waals surface area contributed by atoms with Crippen molar-refractivity contribution in [1.82, 2.24) is 10.6 Å². The third-order valence-electron chi connectivity index (χ3n) is 2.48. The molecule has 6 heteroatoms. The molecule has 0 aliphatic carbocycles. The number of rotatable bonds is 5. The molecular weight excluding hydrogens is 327 g/mol. The number of nitrogens with one attached hydrogen (secondary N) is 2. The summed E-state index contributed by atoms with van der Waals surface area (Å²) in [5.74, 6) is -1.14. The van der Waals surface area contributed by atoms with Crippen LogP contribution in [0.1, 0.15) is 19.4 Å². The summed E-state index contributed by atoms with van der Waals surface area (Å²) in [7, 11) is 0. The fourth-order valence-electron chi connectivity index (χ4n) is 1.46. The lowest BCUT2D eigenvalue weighted by Crippen LogP contribution is -2.44. The smallest absolute Gasteiger partial charge is 0.244 e. The number of carbonyl (C=O) groups excluding carboxylic acids is 2. The van der Waals surface area contributed by atoms with Gasteiger partial charge in [-0.2, -0.15) is 0 Å². The molecule has 1 aromatic rings. The Balaban J connectivity index is 2.64. The van der Waals surface area contributed by atoms with Gasteiger partial charge >= 0.3 is 0 Å². The van der Waals surface area contributed by atoms with Crippen LogP contribution in [-0.4, -0.2) is 24.4 Å². The van der Waals surface area contributed by atoms with E-state index in [4.69, 9.17) is 0 Å². The molecule has 2 amide bonds. The van der Waals surface area contributed by atoms with Crippen molar-refractivity contribution in [2.75, 3.05) is 6.54 Å². The summed E-state index contributed by atoms with van der Waals surface area (Å²) in [4.78, 5) is 23.1. The van der Waals surface area contributed by atoms with Crippen LogP contribution in [0, 0.1) is 5.82 Å². The van der Waals surface area contributed by atoms with E-state index in [1.807, 2.05) is 0 Å². The standard InChI is InChI=1S/C14H16BrFN2O2/c1-3-17-14(20)9(2)18-13(19)7-4-10-8-11(15)5-6-12(10)16/h4-9H,3H2,1-2H3,(H,17,20)(H,18,19)/b7-4+/t9-/m0/s1. The molecule has 0 fully saturated rings. The fourth-order valence-corrected chi connectivity index (χ4v) is 1.84. The number of halogens is 2. The lowest BCUT2D eigenvalue weighted by atomic mass is 10.2. The Morgan fingerprint density at radius 3 is 2.80 bits per heavy atom. The maximum atomic E-state index is 13.4. The van der Waals surface area contributed by atoms with Crippen molar-refractivity contribution in [3.8, 4) is 0 Å². The highest BCUT2D eigenvalue weighted by atomic mass is 79.9. The Morgan fingerprint density at radius 2 is 2.15 bits per heavy atom. The van der Waals surface area contributed by atoms with E-state index >= 15 is 0 Å². The average molecular weight is 343 g/mol. The van der Waals surface area contributed by atoms with Gasteiger partial charge < -0.3 is 10.6 Å². The second-order valence-corrected chi connectivity index (χ2v) is 5.04. The van der Waals surface area contributed by atoms with Gasteiger partial charge in [0.2, 0.25) is 11.8 Å². The van der Waals surface area contributed by atoms with Crippen LogP contribution < -0.4 is 10.6 Å². The molecule has 4 nitrogen and oxygen atoms in total. The van der Waals surface area contributed by atoms with E-state index < -0.39 is 17.8 Å². The minimum atomic E-state index is -0.639. The summed E-state index contributed by atoms with van der Waals surface area (Å²) in [6, 6.07) is 3.80. The van der Waals surface area contributed by atoms with Gasteiger partial charge in [0.15, 0.2) is 0 Å². The summed E-state index contributed by atoms with van der Waals surface area (Å²) in [6.45, 7) is 3.87. The molecule has 0 spiro atoms. The molecule has 2 N–H and O–H groups in total. The quantitative estimate of drug-likeness (QED) is 0.806. The van der Waals surface area contributed by atoms with Crippen LogP contribution in [0.15, 0.2) is 28.7 Å². The zero-order valence-corrected chi connectivity index (χ0v) is 12.8. The van der Waals surface area contributed by atoms with Gasteiger partial charge in [0.25, 0.3) is 0 Å². The third-order valence-corrected chi connectivity index (χ3v) is 2.97. The highest BCUT2D eigenvalue weighted by Crippen LogP contribution is 2.16. The van der Waals surface area contributed by atoms with E-state index in [2.05, 4.69) is 26.6 Å². The van der Waals surface area contributed by atoms with Gasteiger partial charge in [-0.15, -0.1) is 0 Å². The van der Waals surface area contributed by atoms with E-state index in [9.17, 15) is 14.0 Å². The molecule has 0 heterocycles. The van der Waals surface area contributed by atoms with Gasteiger partial charge in [-0.1, -0.05) is 15.9 Å². The molecule has 0 bridgehead atoms. The average Bonchev–Trinajstić information content (AvgIpc) is 2.40.